The van der Waals surface area contributed by atoms with Gasteiger partial charge in [-0.25, -0.2) is 4.39 Å². The molecule has 0 saturated heterocycles. The smallest absolute Gasteiger partial charge is 0.123 e. The summed E-state index contributed by atoms with van der Waals surface area (Å²) in [4.78, 5) is 1.98. The topological polar surface area (TPSA) is 32.7 Å². The van der Waals surface area contributed by atoms with Crippen molar-refractivity contribution in [3.63, 3.8) is 0 Å². The van der Waals surface area contributed by atoms with Crippen molar-refractivity contribution in [3.05, 3.63) is 35.1 Å². The van der Waals surface area contributed by atoms with E-state index in [0.29, 0.717) is 13.2 Å². The predicted octanol–water partition coefficient (Wildman–Crippen LogP) is 1.75. The van der Waals surface area contributed by atoms with Gasteiger partial charge in [-0.05, 0) is 37.2 Å². The maximum absolute atomic E-state index is 12.9. The fourth-order valence-electron chi connectivity index (χ4n) is 1.74. The van der Waals surface area contributed by atoms with Gasteiger partial charge in [0.2, 0.25) is 0 Å². The fourth-order valence-corrected chi connectivity index (χ4v) is 1.74. The molecular formula is C13H20FNO2. The summed E-state index contributed by atoms with van der Waals surface area (Å²) in [6, 6.07) is 4.45. The first-order valence-electron chi connectivity index (χ1n) is 5.66. The standard InChI is InChI=1S/C13H20FNO2/c1-10-8-11(14)4-5-12(10)13(16)9-15(2)6-7-17-3/h4-5,8,13,16H,6-7,9H2,1-3H3. The van der Waals surface area contributed by atoms with E-state index in [1.807, 2.05) is 11.9 Å². The molecule has 1 N–H and O–H groups in total. The van der Waals surface area contributed by atoms with Gasteiger partial charge in [-0.1, -0.05) is 6.07 Å². The summed E-state index contributed by atoms with van der Waals surface area (Å²) < 4.78 is 17.9. The third-order valence-corrected chi connectivity index (χ3v) is 2.75. The van der Waals surface area contributed by atoms with Gasteiger partial charge in [-0.2, -0.15) is 0 Å². The SMILES string of the molecule is COCCN(C)CC(O)c1ccc(F)cc1C. The molecule has 4 heteroatoms. The molecule has 0 spiro atoms. The van der Waals surface area contributed by atoms with Gasteiger partial charge in [0.15, 0.2) is 0 Å². The molecule has 0 aromatic heterocycles. The van der Waals surface area contributed by atoms with Crippen LogP contribution in [0.5, 0.6) is 0 Å². The molecule has 96 valence electrons. The molecule has 3 nitrogen and oxygen atoms in total. The minimum absolute atomic E-state index is 0.272. The Morgan fingerprint density at radius 3 is 2.76 bits per heavy atom. The number of hydrogen-bond acceptors (Lipinski definition) is 3. The molecule has 0 aliphatic carbocycles. The largest absolute Gasteiger partial charge is 0.387 e. The van der Waals surface area contributed by atoms with Gasteiger partial charge in [-0.3, -0.25) is 0 Å². The maximum atomic E-state index is 12.9. The van der Waals surface area contributed by atoms with Crippen LogP contribution in [0.25, 0.3) is 0 Å². The van der Waals surface area contributed by atoms with Crippen LogP contribution in [-0.4, -0.2) is 43.9 Å². The molecule has 0 bridgehead atoms. The lowest BCUT2D eigenvalue weighted by Crippen LogP contribution is -2.28. The Kier molecular flexibility index (Phi) is 5.55. The van der Waals surface area contributed by atoms with E-state index in [1.165, 1.54) is 12.1 Å². The Bertz CT molecular complexity index is 357. The van der Waals surface area contributed by atoms with Crippen LogP contribution >= 0.6 is 0 Å². The van der Waals surface area contributed by atoms with Crippen molar-refractivity contribution >= 4 is 0 Å². The number of rotatable bonds is 6. The second kappa shape index (κ2) is 6.69. The molecule has 0 aliphatic heterocycles. The van der Waals surface area contributed by atoms with Crippen molar-refractivity contribution in [2.75, 3.05) is 33.9 Å². The van der Waals surface area contributed by atoms with E-state index in [9.17, 15) is 9.50 Å². The molecule has 1 aromatic carbocycles. The van der Waals surface area contributed by atoms with E-state index < -0.39 is 6.10 Å². The van der Waals surface area contributed by atoms with E-state index in [1.54, 1.807) is 20.1 Å². The van der Waals surface area contributed by atoms with Crippen LogP contribution in [0.3, 0.4) is 0 Å². The van der Waals surface area contributed by atoms with Gasteiger partial charge < -0.3 is 14.7 Å². The number of aliphatic hydroxyl groups excluding tert-OH is 1. The Morgan fingerprint density at radius 2 is 2.18 bits per heavy atom. The number of ether oxygens (including phenoxy) is 1. The number of aryl methyl sites for hydroxylation is 1. The van der Waals surface area contributed by atoms with E-state index in [2.05, 4.69) is 0 Å². The van der Waals surface area contributed by atoms with Crippen molar-refractivity contribution in [3.8, 4) is 0 Å². The lowest BCUT2D eigenvalue weighted by atomic mass is 10.0. The monoisotopic (exact) mass is 241 g/mol. The predicted molar refractivity (Wildman–Crippen MR) is 65.5 cm³/mol. The van der Waals surface area contributed by atoms with E-state index >= 15 is 0 Å². The van der Waals surface area contributed by atoms with Crippen LogP contribution in [0, 0.1) is 12.7 Å². The van der Waals surface area contributed by atoms with Crippen LogP contribution in [-0.2, 0) is 4.74 Å². The van der Waals surface area contributed by atoms with Gasteiger partial charge in [0.05, 0.1) is 12.7 Å². The highest BCUT2D eigenvalue weighted by Crippen LogP contribution is 2.19. The van der Waals surface area contributed by atoms with Crippen LogP contribution in [0.1, 0.15) is 17.2 Å². The number of likely N-dealkylation sites (N-methyl/N-ethyl adjacent to an activating group) is 1. The highest BCUT2D eigenvalue weighted by molar-refractivity contribution is 5.28. The highest BCUT2D eigenvalue weighted by Gasteiger charge is 2.13. The molecule has 1 atom stereocenters. The van der Waals surface area contributed by atoms with E-state index in [4.69, 9.17) is 4.74 Å². The normalized spacial score (nSPS) is 13.1. The molecule has 0 heterocycles. The molecule has 1 rings (SSSR count). The Morgan fingerprint density at radius 1 is 1.47 bits per heavy atom. The summed E-state index contributed by atoms with van der Waals surface area (Å²) >= 11 is 0. The van der Waals surface area contributed by atoms with Crippen LogP contribution in [0.15, 0.2) is 18.2 Å². The summed E-state index contributed by atoms with van der Waals surface area (Å²) in [6.45, 7) is 3.70. The van der Waals surface area contributed by atoms with Gasteiger partial charge in [0, 0.05) is 20.2 Å². The number of hydrogen-bond donors (Lipinski definition) is 1. The Hall–Kier alpha value is -0.970. The maximum Gasteiger partial charge on any atom is 0.123 e. The van der Waals surface area contributed by atoms with Crippen LogP contribution < -0.4 is 0 Å². The minimum atomic E-state index is -0.600. The van der Waals surface area contributed by atoms with Gasteiger partial charge >= 0.3 is 0 Å². The summed E-state index contributed by atoms with van der Waals surface area (Å²) in [5.74, 6) is -0.272. The van der Waals surface area contributed by atoms with Crippen molar-refractivity contribution in [1.82, 2.24) is 4.90 Å². The van der Waals surface area contributed by atoms with Crippen molar-refractivity contribution in [1.29, 1.82) is 0 Å². The van der Waals surface area contributed by atoms with E-state index in [0.717, 1.165) is 17.7 Å². The zero-order valence-electron chi connectivity index (χ0n) is 10.6. The second-order valence-corrected chi connectivity index (χ2v) is 4.27. The van der Waals surface area contributed by atoms with Gasteiger partial charge in [-0.15, -0.1) is 0 Å². The van der Waals surface area contributed by atoms with Gasteiger partial charge in [0.1, 0.15) is 5.82 Å². The lowest BCUT2D eigenvalue weighted by Gasteiger charge is -2.21. The summed E-state index contributed by atoms with van der Waals surface area (Å²) in [5, 5.41) is 10.1. The molecular weight excluding hydrogens is 221 g/mol. The second-order valence-electron chi connectivity index (χ2n) is 4.27. The third kappa shape index (κ3) is 4.42. The van der Waals surface area contributed by atoms with E-state index in [-0.39, 0.29) is 5.82 Å². The number of nitrogens with zero attached hydrogens (tertiary/aromatic N) is 1. The molecule has 0 saturated carbocycles. The van der Waals surface area contributed by atoms with Crippen molar-refractivity contribution < 1.29 is 14.2 Å². The molecule has 17 heavy (non-hydrogen) atoms. The third-order valence-electron chi connectivity index (χ3n) is 2.75. The average molecular weight is 241 g/mol. The first-order chi connectivity index (χ1) is 8.04. The van der Waals surface area contributed by atoms with Crippen molar-refractivity contribution in [2.24, 2.45) is 0 Å². The lowest BCUT2D eigenvalue weighted by molar-refractivity contribution is 0.103. The number of benzene rings is 1. The first kappa shape index (κ1) is 14.1. The molecule has 0 aliphatic rings. The minimum Gasteiger partial charge on any atom is -0.387 e. The molecule has 1 unspecified atom stereocenters. The quantitative estimate of drug-likeness (QED) is 0.823. The Labute approximate surface area is 102 Å². The molecule has 0 fully saturated rings. The summed E-state index contributed by atoms with van der Waals surface area (Å²) in [7, 11) is 3.56. The highest BCUT2D eigenvalue weighted by atomic mass is 19.1. The van der Waals surface area contributed by atoms with Gasteiger partial charge in [0.25, 0.3) is 0 Å². The summed E-state index contributed by atoms with van der Waals surface area (Å²) in [6.07, 6.45) is -0.600. The van der Waals surface area contributed by atoms with Crippen LogP contribution in [0.2, 0.25) is 0 Å². The molecule has 0 amide bonds. The van der Waals surface area contributed by atoms with Crippen molar-refractivity contribution in [2.45, 2.75) is 13.0 Å². The molecule has 0 radical (unpaired) electrons. The number of halogens is 1. The van der Waals surface area contributed by atoms with Crippen LogP contribution in [0.4, 0.5) is 4.39 Å². The first-order valence-corrected chi connectivity index (χ1v) is 5.66. The fraction of sp³-hybridized carbons (Fsp3) is 0.538. The number of methoxy groups -OCH3 is 1. The number of aliphatic hydroxyl groups is 1. The average Bonchev–Trinajstić information content (AvgIpc) is 2.26. The zero-order chi connectivity index (χ0) is 12.8. The zero-order valence-corrected chi connectivity index (χ0v) is 10.6. The molecule has 1 aromatic rings. The Balaban J connectivity index is 2.60. The summed E-state index contributed by atoms with van der Waals surface area (Å²) in [5.41, 5.74) is 1.55.